The first kappa shape index (κ1) is 16.2. The Bertz CT molecular complexity index is 682. The molecule has 0 spiro atoms. The predicted molar refractivity (Wildman–Crippen MR) is 79.8 cm³/mol. The van der Waals surface area contributed by atoms with E-state index in [9.17, 15) is 18.7 Å². The van der Waals surface area contributed by atoms with Gasteiger partial charge in [0.05, 0.1) is 16.8 Å². The van der Waals surface area contributed by atoms with Crippen LogP contribution in [0.2, 0.25) is 5.02 Å². The third-order valence-electron chi connectivity index (χ3n) is 2.90. The molecule has 7 heteroatoms. The summed E-state index contributed by atoms with van der Waals surface area (Å²) >= 11 is 5.81. The number of urea groups is 1. The SMILES string of the molecule is O=C(NCC(O)c1ccccc1F)Nc1cc(F)ccc1Cl. The van der Waals surface area contributed by atoms with Gasteiger partial charge in [-0.1, -0.05) is 29.8 Å². The number of halogens is 3. The molecule has 2 aromatic carbocycles. The third kappa shape index (κ3) is 4.16. The molecule has 0 bridgehead atoms. The van der Waals surface area contributed by atoms with E-state index < -0.39 is 23.8 Å². The van der Waals surface area contributed by atoms with Gasteiger partial charge in [-0.05, 0) is 24.3 Å². The highest BCUT2D eigenvalue weighted by molar-refractivity contribution is 6.33. The molecule has 1 atom stereocenters. The molecule has 0 aliphatic carbocycles. The lowest BCUT2D eigenvalue weighted by atomic mass is 10.1. The molecule has 0 saturated heterocycles. The van der Waals surface area contributed by atoms with Crippen molar-refractivity contribution in [1.82, 2.24) is 5.32 Å². The van der Waals surface area contributed by atoms with Crippen molar-refractivity contribution in [2.24, 2.45) is 0 Å². The summed E-state index contributed by atoms with van der Waals surface area (Å²) in [6, 6.07) is 8.55. The molecule has 2 aromatic rings. The van der Waals surface area contributed by atoms with Crippen LogP contribution in [0.4, 0.5) is 19.3 Å². The summed E-state index contributed by atoms with van der Waals surface area (Å²) in [6.45, 7) is -0.209. The molecule has 4 nitrogen and oxygen atoms in total. The van der Waals surface area contributed by atoms with Gasteiger partial charge in [0.25, 0.3) is 0 Å². The zero-order valence-corrected chi connectivity index (χ0v) is 12.1. The highest BCUT2D eigenvalue weighted by atomic mass is 35.5. The van der Waals surface area contributed by atoms with Crippen LogP contribution in [-0.4, -0.2) is 17.7 Å². The average molecular weight is 327 g/mol. The summed E-state index contributed by atoms with van der Waals surface area (Å²) in [5, 5.41) is 14.7. The first-order valence-electron chi connectivity index (χ1n) is 6.40. The Morgan fingerprint density at radius 3 is 2.68 bits per heavy atom. The normalized spacial score (nSPS) is 11.8. The van der Waals surface area contributed by atoms with Crippen molar-refractivity contribution in [1.29, 1.82) is 0 Å². The number of aliphatic hydroxyl groups is 1. The number of anilines is 1. The minimum absolute atomic E-state index is 0.0755. The van der Waals surface area contributed by atoms with Crippen molar-refractivity contribution < 1.29 is 18.7 Å². The van der Waals surface area contributed by atoms with Crippen molar-refractivity contribution in [3.8, 4) is 0 Å². The molecule has 0 fully saturated rings. The molecule has 0 aliphatic rings. The number of carbonyl (C=O) groups is 1. The molecule has 116 valence electrons. The molecular weight excluding hydrogens is 314 g/mol. The second kappa shape index (κ2) is 7.20. The zero-order valence-electron chi connectivity index (χ0n) is 11.3. The van der Waals surface area contributed by atoms with E-state index in [1.165, 1.54) is 24.3 Å². The number of benzene rings is 2. The number of carbonyl (C=O) groups excluding carboxylic acids is 1. The summed E-state index contributed by atoms with van der Waals surface area (Å²) in [5.41, 5.74) is 0.172. The molecule has 0 radical (unpaired) electrons. The summed E-state index contributed by atoms with van der Waals surface area (Å²) in [5.74, 6) is -1.11. The van der Waals surface area contributed by atoms with Crippen LogP contribution < -0.4 is 10.6 Å². The Kier molecular flexibility index (Phi) is 5.30. The van der Waals surface area contributed by atoms with E-state index in [2.05, 4.69) is 10.6 Å². The van der Waals surface area contributed by atoms with Crippen LogP contribution in [0.25, 0.3) is 0 Å². The van der Waals surface area contributed by atoms with Gasteiger partial charge in [-0.3, -0.25) is 0 Å². The van der Waals surface area contributed by atoms with Crippen molar-refractivity contribution in [2.45, 2.75) is 6.10 Å². The fraction of sp³-hybridized carbons (Fsp3) is 0.133. The van der Waals surface area contributed by atoms with Gasteiger partial charge in [0.2, 0.25) is 0 Å². The smallest absolute Gasteiger partial charge is 0.319 e. The molecule has 3 N–H and O–H groups in total. The number of amides is 2. The third-order valence-corrected chi connectivity index (χ3v) is 3.23. The maximum atomic E-state index is 13.5. The van der Waals surface area contributed by atoms with Gasteiger partial charge in [-0.15, -0.1) is 0 Å². The van der Waals surface area contributed by atoms with Gasteiger partial charge in [0.15, 0.2) is 0 Å². The van der Waals surface area contributed by atoms with E-state index in [1.807, 2.05) is 0 Å². The Labute approximate surface area is 130 Å². The lowest BCUT2D eigenvalue weighted by molar-refractivity contribution is 0.170. The van der Waals surface area contributed by atoms with Crippen LogP contribution in [0.15, 0.2) is 42.5 Å². The van der Waals surface area contributed by atoms with Gasteiger partial charge >= 0.3 is 6.03 Å². The first-order chi connectivity index (χ1) is 10.5. The average Bonchev–Trinajstić information content (AvgIpc) is 2.49. The lowest BCUT2D eigenvalue weighted by Gasteiger charge is -2.14. The fourth-order valence-corrected chi connectivity index (χ4v) is 1.97. The van der Waals surface area contributed by atoms with Crippen LogP contribution >= 0.6 is 11.6 Å². The minimum atomic E-state index is -1.20. The molecule has 2 rings (SSSR count). The topological polar surface area (TPSA) is 61.4 Å². The van der Waals surface area contributed by atoms with Crippen LogP contribution in [0, 0.1) is 11.6 Å². The molecule has 22 heavy (non-hydrogen) atoms. The van der Waals surface area contributed by atoms with Gasteiger partial charge in [-0.2, -0.15) is 0 Å². The van der Waals surface area contributed by atoms with E-state index in [0.29, 0.717) is 0 Å². The maximum absolute atomic E-state index is 13.5. The van der Waals surface area contributed by atoms with Crippen molar-refractivity contribution in [3.63, 3.8) is 0 Å². The Hall–Kier alpha value is -2.18. The fourth-order valence-electron chi connectivity index (χ4n) is 1.80. The second-order valence-electron chi connectivity index (χ2n) is 4.50. The van der Waals surface area contributed by atoms with E-state index >= 15 is 0 Å². The molecule has 2 amide bonds. The largest absolute Gasteiger partial charge is 0.386 e. The first-order valence-corrected chi connectivity index (χ1v) is 6.77. The molecule has 1 unspecified atom stereocenters. The molecule has 0 saturated carbocycles. The van der Waals surface area contributed by atoms with E-state index in [-0.39, 0.29) is 22.8 Å². The molecular formula is C15H13ClF2N2O2. The predicted octanol–water partition coefficient (Wildman–Crippen LogP) is 3.47. The number of nitrogens with one attached hydrogen (secondary N) is 2. The summed E-state index contributed by atoms with van der Waals surface area (Å²) < 4.78 is 26.5. The van der Waals surface area contributed by atoms with Crippen molar-refractivity contribution in [3.05, 3.63) is 64.7 Å². The second-order valence-corrected chi connectivity index (χ2v) is 4.90. The van der Waals surface area contributed by atoms with E-state index in [1.54, 1.807) is 6.07 Å². The molecule has 0 aliphatic heterocycles. The van der Waals surface area contributed by atoms with Gasteiger partial charge in [-0.25, -0.2) is 13.6 Å². The lowest BCUT2D eigenvalue weighted by Crippen LogP contribution is -2.32. The highest BCUT2D eigenvalue weighted by Gasteiger charge is 2.14. The maximum Gasteiger partial charge on any atom is 0.319 e. The van der Waals surface area contributed by atoms with E-state index in [0.717, 1.165) is 12.1 Å². The zero-order chi connectivity index (χ0) is 16.1. The Balaban J connectivity index is 1.93. The van der Waals surface area contributed by atoms with Crippen LogP contribution in [0.3, 0.4) is 0 Å². The minimum Gasteiger partial charge on any atom is -0.386 e. The van der Waals surface area contributed by atoms with Gasteiger partial charge < -0.3 is 15.7 Å². The number of aliphatic hydroxyl groups excluding tert-OH is 1. The summed E-state index contributed by atoms with van der Waals surface area (Å²) in [6.07, 6.45) is -1.20. The van der Waals surface area contributed by atoms with Crippen molar-refractivity contribution in [2.75, 3.05) is 11.9 Å². The van der Waals surface area contributed by atoms with Crippen LogP contribution in [0.5, 0.6) is 0 Å². The molecule has 0 heterocycles. The number of rotatable bonds is 4. The summed E-state index contributed by atoms with van der Waals surface area (Å²) in [4.78, 5) is 11.7. The number of hydrogen-bond donors (Lipinski definition) is 3. The summed E-state index contributed by atoms with van der Waals surface area (Å²) in [7, 11) is 0. The Morgan fingerprint density at radius 2 is 1.95 bits per heavy atom. The Morgan fingerprint density at radius 1 is 1.23 bits per heavy atom. The van der Waals surface area contributed by atoms with Crippen LogP contribution in [0.1, 0.15) is 11.7 Å². The highest BCUT2D eigenvalue weighted by Crippen LogP contribution is 2.22. The van der Waals surface area contributed by atoms with E-state index in [4.69, 9.17) is 11.6 Å². The van der Waals surface area contributed by atoms with Gasteiger partial charge in [0, 0.05) is 12.1 Å². The van der Waals surface area contributed by atoms with Gasteiger partial charge in [0.1, 0.15) is 11.6 Å². The van der Waals surface area contributed by atoms with Crippen molar-refractivity contribution >= 4 is 23.3 Å². The number of hydrogen-bond acceptors (Lipinski definition) is 2. The standard InChI is InChI=1S/C15H13ClF2N2O2/c16-11-6-5-9(17)7-13(11)20-15(22)19-8-14(21)10-3-1-2-4-12(10)18/h1-7,14,21H,8H2,(H2,19,20,22). The van der Waals surface area contributed by atoms with Crippen LogP contribution in [-0.2, 0) is 0 Å². The monoisotopic (exact) mass is 326 g/mol. The quantitative estimate of drug-likeness (QED) is 0.805. The molecule has 0 aromatic heterocycles.